The van der Waals surface area contributed by atoms with E-state index < -0.39 is 0 Å². The Morgan fingerprint density at radius 3 is 2.76 bits per heavy atom. The maximum absolute atomic E-state index is 11.7. The number of carbonyl (C=O) groups is 1. The Bertz CT molecular complexity index is 405. The van der Waals surface area contributed by atoms with E-state index in [1.165, 1.54) is 0 Å². The molecule has 0 saturated carbocycles. The average Bonchev–Trinajstić information content (AvgIpc) is 2.31. The van der Waals surface area contributed by atoms with Gasteiger partial charge in [-0.2, -0.15) is 11.8 Å². The molecule has 0 aliphatic rings. The van der Waals surface area contributed by atoms with Gasteiger partial charge in [-0.3, -0.25) is 9.78 Å². The maximum atomic E-state index is 11.7. The number of ether oxygens (including phenoxy) is 1. The van der Waals surface area contributed by atoms with E-state index in [1.807, 2.05) is 20.1 Å². The van der Waals surface area contributed by atoms with E-state index in [4.69, 9.17) is 4.74 Å². The minimum absolute atomic E-state index is 0.237. The number of Topliss-reactive ketones (excluding diaryl/α,β-unsaturated/α-hetero) is 1. The number of aromatic nitrogens is 1. The van der Waals surface area contributed by atoms with Crippen LogP contribution in [0.5, 0.6) is 5.75 Å². The highest BCUT2D eigenvalue weighted by atomic mass is 32.2. The van der Waals surface area contributed by atoms with Crippen LogP contribution in [0.25, 0.3) is 0 Å². The molecule has 4 heteroatoms. The lowest BCUT2D eigenvalue weighted by Crippen LogP contribution is -2.08. The van der Waals surface area contributed by atoms with Crippen LogP contribution < -0.4 is 4.74 Å². The summed E-state index contributed by atoms with van der Waals surface area (Å²) in [6, 6.07) is 0. The minimum atomic E-state index is 0.237. The molecule has 0 spiro atoms. The van der Waals surface area contributed by atoms with E-state index >= 15 is 0 Å². The van der Waals surface area contributed by atoms with Crippen LogP contribution in [0.4, 0.5) is 0 Å². The monoisotopic (exact) mass is 253 g/mol. The molecule has 0 aliphatic heterocycles. The average molecular weight is 253 g/mol. The van der Waals surface area contributed by atoms with Crippen LogP contribution >= 0.6 is 11.8 Å². The Morgan fingerprint density at radius 1 is 1.47 bits per heavy atom. The number of pyridine rings is 1. The highest BCUT2D eigenvalue weighted by molar-refractivity contribution is 7.98. The molecule has 0 N–H and O–H groups in total. The summed E-state index contributed by atoms with van der Waals surface area (Å²) in [7, 11) is 1.65. The summed E-state index contributed by atoms with van der Waals surface area (Å²) < 4.78 is 5.32. The van der Waals surface area contributed by atoms with Crippen molar-refractivity contribution in [1.29, 1.82) is 0 Å². The third-order valence-electron chi connectivity index (χ3n) is 2.70. The molecule has 17 heavy (non-hydrogen) atoms. The molecule has 3 nitrogen and oxygen atoms in total. The highest BCUT2D eigenvalue weighted by Crippen LogP contribution is 2.24. The molecule has 1 aromatic rings. The maximum Gasteiger partial charge on any atom is 0.139 e. The SMILES string of the molecule is COc1c(C)cnc(CC(=O)CCSC)c1C. The summed E-state index contributed by atoms with van der Waals surface area (Å²) in [5.41, 5.74) is 2.81. The first kappa shape index (κ1) is 14.0. The molecule has 1 heterocycles. The molecule has 0 radical (unpaired) electrons. The van der Waals surface area contributed by atoms with Crippen molar-refractivity contribution in [3.8, 4) is 5.75 Å². The van der Waals surface area contributed by atoms with Crippen LogP contribution in [-0.2, 0) is 11.2 Å². The molecule has 0 saturated heterocycles. The van der Waals surface area contributed by atoms with Gasteiger partial charge in [0.15, 0.2) is 0 Å². The van der Waals surface area contributed by atoms with Crippen molar-refractivity contribution in [2.24, 2.45) is 0 Å². The third-order valence-corrected chi connectivity index (χ3v) is 3.31. The van der Waals surface area contributed by atoms with Crippen LogP contribution in [0.15, 0.2) is 6.20 Å². The number of nitrogens with zero attached hydrogens (tertiary/aromatic N) is 1. The quantitative estimate of drug-likeness (QED) is 0.781. The van der Waals surface area contributed by atoms with Gasteiger partial charge in [-0.1, -0.05) is 0 Å². The van der Waals surface area contributed by atoms with Crippen molar-refractivity contribution in [3.63, 3.8) is 0 Å². The van der Waals surface area contributed by atoms with Crippen molar-refractivity contribution in [1.82, 2.24) is 4.98 Å². The van der Waals surface area contributed by atoms with Gasteiger partial charge in [-0.25, -0.2) is 0 Å². The predicted molar refractivity (Wildman–Crippen MR) is 72.0 cm³/mol. The molecule has 0 aromatic carbocycles. The van der Waals surface area contributed by atoms with Gasteiger partial charge in [-0.05, 0) is 25.9 Å². The fourth-order valence-electron chi connectivity index (χ4n) is 1.74. The van der Waals surface area contributed by atoms with Gasteiger partial charge >= 0.3 is 0 Å². The molecule has 0 amide bonds. The van der Waals surface area contributed by atoms with Crippen molar-refractivity contribution in [2.45, 2.75) is 26.7 Å². The minimum Gasteiger partial charge on any atom is -0.496 e. The highest BCUT2D eigenvalue weighted by Gasteiger charge is 2.12. The van der Waals surface area contributed by atoms with Gasteiger partial charge in [0.2, 0.25) is 0 Å². The Balaban J connectivity index is 2.81. The number of rotatable bonds is 6. The first-order valence-electron chi connectivity index (χ1n) is 5.59. The molecule has 0 fully saturated rings. The van der Waals surface area contributed by atoms with E-state index in [0.717, 1.165) is 28.3 Å². The Labute approximate surface area is 107 Å². The number of methoxy groups -OCH3 is 1. The zero-order chi connectivity index (χ0) is 12.8. The second kappa shape index (κ2) is 6.64. The number of ketones is 1. The molecule has 1 aromatic heterocycles. The summed E-state index contributed by atoms with van der Waals surface area (Å²) in [6.45, 7) is 3.91. The van der Waals surface area contributed by atoms with Gasteiger partial charge in [-0.15, -0.1) is 0 Å². The van der Waals surface area contributed by atoms with Gasteiger partial charge in [0.05, 0.1) is 12.8 Å². The summed E-state index contributed by atoms with van der Waals surface area (Å²) in [5.74, 6) is 1.95. The van der Waals surface area contributed by atoms with E-state index in [9.17, 15) is 4.79 Å². The van der Waals surface area contributed by atoms with Crippen molar-refractivity contribution >= 4 is 17.5 Å². The van der Waals surface area contributed by atoms with Crippen LogP contribution in [0.2, 0.25) is 0 Å². The number of thioether (sulfide) groups is 1. The topological polar surface area (TPSA) is 39.2 Å². The molecule has 0 bridgehead atoms. The summed E-state index contributed by atoms with van der Waals surface area (Å²) in [4.78, 5) is 16.0. The van der Waals surface area contributed by atoms with E-state index in [1.54, 1.807) is 25.1 Å². The zero-order valence-electron chi connectivity index (χ0n) is 10.9. The largest absolute Gasteiger partial charge is 0.496 e. The van der Waals surface area contributed by atoms with Crippen LogP contribution in [-0.4, -0.2) is 29.9 Å². The smallest absolute Gasteiger partial charge is 0.139 e. The lowest BCUT2D eigenvalue weighted by atomic mass is 10.1. The Morgan fingerprint density at radius 2 is 2.18 bits per heavy atom. The van der Waals surface area contributed by atoms with Crippen LogP contribution in [0, 0.1) is 13.8 Å². The van der Waals surface area contributed by atoms with Crippen molar-refractivity contribution in [2.75, 3.05) is 19.1 Å². The lowest BCUT2D eigenvalue weighted by Gasteiger charge is -2.11. The Kier molecular flexibility index (Phi) is 5.48. The summed E-state index contributed by atoms with van der Waals surface area (Å²) >= 11 is 1.69. The number of hydrogen-bond acceptors (Lipinski definition) is 4. The third kappa shape index (κ3) is 3.73. The first-order chi connectivity index (χ1) is 8.10. The molecule has 0 aliphatic carbocycles. The van der Waals surface area contributed by atoms with Gasteiger partial charge in [0.1, 0.15) is 11.5 Å². The number of carbonyl (C=O) groups excluding carboxylic acids is 1. The van der Waals surface area contributed by atoms with E-state index in [2.05, 4.69) is 4.98 Å². The molecular formula is C13H19NO2S. The Hall–Kier alpha value is -1.03. The van der Waals surface area contributed by atoms with Crippen molar-refractivity contribution < 1.29 is 9.53 Å². The molecule has 0 unspecified atom stereocenters. The van der Waals surface area contributed by atoms with E-state index in [-0.39, 0.29) is 5.78 Å². The summed E-state index contributed by atoms with van der Waals surface area (Å²) in [6.07, 6.45) is 4.79. The first-order valence-corrected chi connectivity index (χ1v) is 6.99. The van der Waals surface area contributed by atoms with Crippen molar-refractivity contribution in [3.05, 3.63) is 23.0 Å². The fraction of sp³-hybridized carbons (Fsp3) is 0.538. The summed E-state index contributed by atoms with van der Waals surface area (Å²) in [5, 5.41) is 0. The predicted octanol–water partition coefficient (Wildman–Crippen LogP) is 2.57. The van der Waals surface area contributed by atoms with Gasteiger partial charge in [0, 0.05) is 30.2 Å². The fourth-order valence-corrected chi connectivity index (χ4v) is 2.17. The second-order valence-electron chi connectivity index (χ2n) is 4.00. The van der Waals surface area contributed by atoms with Crippen LogP contribution in [0.1, 0.15) is 23.2 Å². The zero-order valence-corrected chi connectivity index (χ0v) is 11.7. The number of hydrogen-bond donors (Lipinski definition) is 0. The molecule has 94 valence electrons. The molecule has 0 atom stereocenters. The number of aryl methyl sites for hydroxylation is 1. The van der Waals surface area contributed by atoms with Crippen LogP contribution in [0.3, 0.4) is 0 Å². The second-order valence-corrected chi connectivity index (χ2v) is 4.99. The van der Waals surface area contributed by atoms with Gasteiger partial charge < -0.3 is 4.74 Å². The normalized spacial score (nSPS) is 10.4. The molecular weight excluding hydrogens is 234 g/mol. The van der Waals surface area contributed by atoms with E-state index in [0.29, 0.717) is 12.8 Å². The van der Waals surface area contributed by atoms with Gasteiger partial charge in [0.25, 0.3) is 0 Å². The lowest BCUT2D eigenvalue weighted by molar-refractivity contribution is -0.118. The molecule has 1 rings (SSSR count). The standard InChI is InChI=1S/C13H19NO2S/c1-9-8-14-12(10(2)13(9)16-3)7-11(15)5-6-17-4/h8H,5-7H2,1-4H3.